The molecule has 0 bridgehead atoms. The highest BCUT2D eigenvalue weighted by Gasteiger charge is 2.29. The van der Waals surface area contributed by atoms with Gasteiger partial charge >= 0.3 is 6.09 Å². The number of benzene rings is 1. The number of rotatable bonds is 4. The van der Waals surface area contributed by atoms with E-state index in [1.165, 1.54) is 0 Å². The number of halogens is 1. The Hall–Kier alpha value is -2.77. The zero-order chi connectivity index (χ0) is 23.0. The van der Waals surface area contributed by atoms with E-state index >= 15 is 0 Å². The van der Waals surface area contributed by atoms with Crippen molar-refractivity contribution in [2.24, 2.45) is 7.05 Å². The van der Waals surface area contributed by atoms with E-state index in [-0.39, 0.29) is 12.1 Å². The number of aromatic nitrogens is 2. The van der Waals surface area contributed by atoms with Crippen LogP contribution in [0.2, 0.25) is 5.02 Å². The second-order valence-electron chi connectivity index (χ2n) is 9.36. The molecule has 0 aliphatic carbocycles. The van der Waals surface area contributed by atoms with Crippen LogP contribution in [0.4, 0.5) is 10.5 Å². The van der Waals surface area contributed by atoms with Gasteiger partial charge in [-0.3, -0.25) is 4.98 Å². The molecule has 0 unspecified atom stereocenters. The van der Waals surface area contributed by atoms with Crippen molar-refractivity contribution >= 4 is 34.3 Å². The molecule has 3 heterocycles. The van der Waals surface area contributed by atoms with Crippen molar-refractivity contribution in [1.29, 1.82) is 0 Å². The van der Waals surface area contributed by atoms with Crippen molar-refractivity contribution in [1.82, 2.24) is 19.8 Å². The van der Waals surface area contributed by atoms with Gasteiger partial charge in [0.1, 0.15) is 5.60 Å². The first-order valence-corrected chi connectivity index (χ1v) is 11.2. The maximum Gasteiger partial charge on any atom is 0.410 e. The number of fused-ring (bicyclic) bond motifs is 1. The molecule has 170 valence electrons. The molecule has 1 amide bonds. The highest BCUT2D eigenvalue weighted by Crippen LogP contribution is 2.36. The Morgan fingerprint density at radius 2 is 2.09 bits per heavy atom. The Bertz CT molecular complexity index is 1150. The lowest BCUT2D eigenvalue weighted by molar-refractivity contribution is 0.0291. The zero-order valence-electron chi connectivity index (χ0n) is 19.0. The number of nitrogens with one attached hydrogen (secondary N) is 1. The number of ether oxygens (including phenoxy) is 1. The smallest absolute Gasteiger partial charge is 0.410 e. The van der Waals surface area contributed by atoms with E-state index in [4.69, 9.17) is 22.1 Å². The molecule has 2 aromatic heterocycles. The molecule has 1 aromatic carbocycles. The Balaban J connectivity index is 1.45. The second kappa shape index (κ2) is 8.64. The fourth-order valence-corrected chi connectivity index (χ4v) is 4.35. The number of anilines is 1. The highest BCUT2D eigenvalue weighted by molar-refractivity contribution is 6.31. The summed E-state index contributed by atoms with van der Waals surface area (Å²) in [6.45, 7) is 7.64. The minimum atomic E-state index is -0.483. The van der Waals surface area contributed by atoms with Crippen LogP contribution in [0, 0.1) is 0 Å². The molecule has 7 nitrogen and oxygen atoms in total. The first-order valence-electron chi connectivity index (χ1n) is 10.8. The summed E-state index contributed by atoms with van der Waals surface area (Å²) in [5.41, 5.74) is 10.6. The molecule has 1 atom stereocenters. The molecule has 0 radical (unpaired) electrons. The largest absolute Gasteiger partial charge is 0.444 e. The molecule has 3 N–H and O–H groups in total. The van der Waals surface area contributed by atoms with Crippen LogP contribution in [-0.2, 0) is 18.3 Å². The average Bonchev–Trinajstić information content (AvgIpc) is 3.29. The summed E-state index contributed by atoms with van der Waals surface area (Å²) < 4.78 is 7.53. The predicted octanol–water partition coefficient (Wildman–Crippen LogP) is 4.57. The van der Waals surface area contributed by atoms with Gasteiger partial charge < -0.3 is 25.3 Å². The first-order chi connectivity index (χ1) is 15.1. The van der Waals surface area contributed by atoms with Gasteiger partial charge in [-0.05, 0) is 57.0 Å². The molecule has 1 fully saturated rings. The topological polar surface area (TPSA) is 85.4 Å². The number of nitrogens with zero attached hydrogens (tertiary/aromatic N) is 3. The van der Waals surface area contributed by atoms with E-state index in [2.05, 4.69) is 20.9 Å². The van der Waals surface area contributed by atoms with Crippen LogP contribution in [0.25, 0.3) is 22.2 Å². The monoisotopic (exact) mass is 455 g/mol. The van der Waals surface area contributed by atoms with Crippen molar-refractivity contribution in [2.75, 3.05) is 18.8 Å². The number of carbonyl (C=O) groups excluding carboxylic acids is 1. The van der Waals surface area contributed by atoms with Crippen molar-refractivity contribution in [3.63, 3.8) is 0 Å². The van der Waals surface area contributed by atoms with Gasteiger partial charge in [0.25, 0.3) is 0 Å². The Labute approximate surface area is 193 Å². The zero-order valence-corrected chi connectivity index (χ0v) is 19.7. The molecule has 1 aliphatic heterocycles. The minimum Gasteiger partial charge on any atom is -0.444 e. The van der Waals surface area contributed by atoms with Crippen LogP contribution in [0.3, 0.4) is 0 Å². The maximum atomic E-state index is 12.3. The third kappa shape index (κ3) is 4.69. The number of hydrogen-bond donors (Lipinski definition) is 2. The van der Waals surface area contributed by atoms with E-state index in [1.54, 1.807) is 4.90 Å². The highest BCUT2D eigenvalue weighted by atomic mass is 35.5. The lowest BCUT2D eigenvalue weighted by Gasteiger charge is -2.24. The van der Waals surface area contributed by atoms with Crippen LogP contribution in [0.15, 0.2) is 36.7 Å². The van der Waals surface area contributed by atoms with Gasteiger partial charge in [-0.25, -0.2) is 4.79 Å². The standard InChI is InChI=1S/C24H30ClN5O2/c1-24(2,3)32-23(31)30-8-7-18(14-30)28-12-15-9-16(13-27-11-15)22-21(26)19-6-5-17(25)10-20(19)29(22)4/h5-6,9-11,13,18,28H,7-8,12,14,26H2,1-4H3/t18-/m0/s1. The molecule has 3 aromatic rings. The summed E-state index contributed by atoms with van der Waals surface area (Å²) >= 11 is 6.18. The van der Waals surface area contributed by atoms with Crippen LogP contribution in [0.5, 0.6) is 0 Å². The van der Waals surface area contributed by atoms with Gasteiger partial charge in [0.05, 0.1) is 16.9 Å². The van der Waals surface area contributed by atoms with Crippen molar-refractivity contribution in [3.05, 3.63) is 47.2 Å². The maximum absolute atomic E-state index is 12.3. The van der Waals surface area contributed by atoms with Crippen LogP contribution in [0.1, 0.15) is 32.8 Å². The second-order valence-corrected chi connectivity index (χ2v) is 9.79. The van der Waals surface area contributed by atoms with Crippen LogP contribution >= 0.6 is 11.6 Å². The van der Waals surface area contributed by atoms with Gasteiger partial charge in [0.2, 0.25) is 0 Å². The molecule has 1 aliphatic rings. The number of amides is 1. The van der Waals surface area contributed by atoms with Gasteiger partial charge in [-0.1, -0.05) is 11.6 Å². The number of aryl methyl sites for hydroxylation is 1. The summed E-state index contributed by atoms with van der Waals surface area (Å²) in [4.78, 5) is 18.5. The van der Waals surface area contributed by atoms with Crippen molar-refractivity contribution < 1.29 is 9.53 Å². The van der Waals surface area contributed by atoms with Crippen LogP contribution in [-0.4, -0.2) is 45.3 Å². The third-order valence-electron chi connectivity index (χ3n) is 5.70. The molecule has 32 heavy (non-hydrogen) atoms. The van der Waals surface area contributed by atoms with E-state index in [9.17, 15) is 4.79 Å². The Morgan fingerprint density at radius 1 is 1.31 bits per heavy atom. The number of carbonyl (C=O) groups is 1. The Kier molecular flexibility index (Phi) is 6.05. The van der Waals surface area contributed by atoms with Gasteiger partial charge in [-0.15, -0.1) is 0 Å². The minimum absolute atomic E-state index is 0.219. The van der Waals surface area contributed by atoms with E-state index in [1.807, 2.05) is 58.4 Å². The fraction of sp³-hybridized carbons (Fsp3) is 0.417. The molecule has 0 spiro atoms. The van der Waals surface area contributed by atoms with E-state index < -0.39 is 5.60 Å². The normalized spacial score (nSPS) is 16.7. The van der Waals surface area contributed by atoms with Gasteiger partial charge in [-0.2, -0.15) is 0 Å². The SMILES string of the molecule is Cn1c(-c2cncc(CN[C@H]3CCN(C(=O)OC(C)(C)C)C3)c2)c(N)c2ccc(Cl)cc21. The number of pyridine rings is 1. The van der Waals surface area contributed by atoms with Crippen molar-refractivity contribution in [2.45, 2.75) is 45.4 Å². The number of hydrogen-bond acceptors (Lipinski definition) is 5. The quantitative estimate of drug-likeness (QED) is 0.601. The van der Waals surface area contributed by atoms with E-state index in [0.29, 0.717) is 24.7 Å². The average molecular weight is 456 g/mol. The lowest BCUT2D eigenvalue weighted by atomic mass is 10.1. The number of nitrogen functional groups attached to an aromatic ring is 1. The Morgan fingerprint density at radius 3 is 2.84 bits per heavy atom. The molecular formula is C24H30ClN5O2. The van der Waals surface area contributed by atoms with Gasteiger partial charge in [0.15, 0.2) is 0 Å². The summed E-state index contributed by atoms with van der Waals surface area (Å²) in [5, 5.41) is 5.20. The molecule has 4 rings (SSSR count). The predicted molar refractivity (Wildman–Crippen MR) is 129 cm³/mol. The van der Waals surface area contributed by atoms with E-state index in [0.717, 1.165) is 39.8 Å². The molecule has 8 heteroatoms. The van der Waals surface area contributed by atoms with Gasteiger partial charge in [0, 0.05) is 61.1 Å². The van der Waals surface area contributed by atoms with Crippen molar-refractivity contribution in [3.8, 4) is 11.3 Å². The molecule has 1 saturated heterocycles. The summed E-state index contributed by atoms with van der Waals surface area (Å²) in [6, 6.07) is 8.05. The first kappa shape index (κ1) is 22.4. The fourth-order valence-electron chi connectivity index (χ4n) is 4.18. The number of nitrogens with two attached hydrogens (primary N) is 1. The summed E-state index contributed by atoms with van der Waals surface area (Å²) in [5.74, 6) is 0. The summed E-state index contributed by atoms with van der Waals surface area (Å²) in [6.07, 6.45) is 4.32. The van der Waals surface area contributed by atoms with Crippen LogP contribution < -0.4 is 11.1 Å². The number of likely N-dealkylation sites (tertiary alicyclic amines) is 1. The summed E-state index contributed by atoms with van der Waals surface area (Å²) in [7, 11) is 1.99. The molecular weight excluding hydrogens is 426 g/mol. The lowest BCUT2D eigenvalue weighted by Crippen LogP contribution is -2.38. The molecule has 0 saturated carbocycles. The third-order valence-corrected chi connectivity index (χ3v) is 5.94.